The number of hydrogen-bond donors (Lipinski definition) is 1. The molecule has 1 amide bonds. The van der Waals surface area contributed by atoms with E-state index in [-0.39, 0.29) is 12.5 Å². The largest absolute Gasteiger partial charge is 0.484 e. The smallest absolute Gasteiger partial charge is 0.262 e. The summed E-state index contributed by atoms with van der Waals surface area (Å²) in [5, 5.41) is 7.03. The molecule has 7 heteroatoms. The lowest BCUT2D eigenvalue weighted by Crippen LogP contribution is -2.20. The molecule has 0 aliphatic rings. The summed E-state index contributed by atoms with van der Waals surface area (Å²) in [6.07, 6.45) is 3.09. The Morgan fingerprint density at radius 3 is 2.40 bits per heavy atom. The summed E-state index contributed by atoms with van der Waals surface area (Å²) in [6, 6.07) is 9.46. The number of carbonyl (C=O) groups excluding carboxylic acids is 1. The molecule has 2 aromatic heterocycles. The highest BCUT2D eigenvalue weighted by atomic mass is 16.5. The predicted octanol–water partition coefficient (Wildman–Crippen LogP) is 2.61. The number of rotatable bonds is 5. The average molecular weight is 337 g/mol. The highest BCUT2D eigenvalue weighted by Gasteiger charge is 2.08. The topological polar surface area (TPSA) is 81.9 Å². The van der Waals surface area contributed by atoms with Gasteiger partial charge in [0.15, 0.2) is 6.61 Å². The summed E-state index contributed by atoms with van der Waals surface area (Å²) in [5.41, 5.74) is 3.48. The molecule has 0 aliphatic heterocycles. The third kappa shape index (κ3) is 4.20. The number of aryl methyl sites for hydroxylation is 3. The quantitative estimate of drug-likeness (QED) is 0.774. The Kier molecular flexibility index (Phi) is 4.74. The minimum absolute atomic E-state index is 0.0811. The van der Waals surface area contributed by atoms with E-state index in [2.05, 4.69) is 20.4 Å². The van der Waals surface area contributed by atoms with Gasteiger partial charge in [-0.1, -0.05) is 17.7 Å². The van der Waals surface area contributed by atoms with Crippen LogP contribution in [-0.2, 0) is 4.79 Å². The van der Waals surface area contributed by atoms with Crippen LogP contribution in [0.2, 0.25) is 0 Å². The van der Waals surface area contributed by atoms with Crippen LogP contribution in [0.25, 0.3) is 5.95 Å². The highest BCUT2D eigenvalue weighted by Crippen LogP contribution is 2.12. The Morgan fingerprint density at radius 2 is 1.80 bits per heavy atom. The molecule has 0 fully saturated rings. The Bertz CT molecular complexity index is 869. The van der Waals surface area contributed by atoms with Gasteiger partial charge >= 0.3 is 0 Å². The van der Waals surface area contributed by atoms with E-state index in [1.54, 1.807) is 17.1 Å². The zero-order valence-corrected chi connectivity index (χ0v) is 14.4. The van der Waals surface area contributed by atoms with Gasteiger partial charge in [0.1, 0.15) is 5.75 Å². The van der Waals surface area contributed by atoms with Gasteiger partial charge in [-0.15, -0.1) is 0 Å². The standard InChI is InChI=1S/C18H19N5O2/c1-12-4-6-16(7-5-12)25-11-17(24)21-15-9-19-18(20-10-15)23-14(3)8-13(2)22-23/h4-10H,11H2,1-3H3,(H,21,24). The van der Waals surface area contributed by atoms with Crippen molar-refractivity contribution in [3.8, 4) is 11.7 Å². The van der Waals surface area contributed by atoms with Gasteiger partial charge < -0.3 is 10.1 Å². The van der Waals surface area contributed by atoms with E-state index in [1.165, 1.54) is 0 Å². The summed E-state index contributed by atoms with van der Waals surface area (Å²) in [7, 11) is 0. The van der Waals surface area contributed by atoms with Crippen LogP contribution in [0.1, 0.15) is 17.0 Å². The van der Waals surface area contributed by atoms with Gasteiger partial charge in [0, 0.05) is 5.69 Å². The predicted molar refractivity (Wildman–Crippen MR) is 93.9 cm³/mol. The SMILES string of the molecule is Cc1ccc(OCC(=O)Nc2cnc(-n3nc(C)cc3C)nc2)cc1. The number of amides is 1. The first-order chi connectivity index (χ1) is 12.0. The van der Waals surface area contributed by atoms with Gasteiger partial charge in [-0.2, -0.15) is 5.10 Å². The molecule has 3 aromatic rings. The minimum Gasteiger partial charge on any atom is -0.484 e. The fourth-order valence-corrected chi connectivity index (χ4v) is 2.31. The third-order valence-electron chi connectivity index (χ3n) is 3.51. The van der Waals surface area contributed by atoms with E-state index in [9.17, 15) is 4.79 Å². The Labute approximate surface area is 145 Å². The van der Waals surface area contributed by atoms with Crippen LogP contribution in [0, 0.1) is 20.8 Å². The van der Waals surface area contributed by atoms with Crippen LogP contribution >= 0.6 is 0 Å². The Hall–Kier alpha value is -3.22. The fourth-order valence-electron chi connectivity index (χ4n) is 2.31. The van der Waals surface area contributed by atoms with E-state index < -0.39 is 0 Å². The molecule has 0 unspecified atom stereocenters. The monoisotopic (exact) mass is 337 g/mol. The maximum atomic E-state index is 12.0. The second kappa shape index (κ2) is 7.12. The van der Waals surface area contributed by atoms with Crippen molar-refractivity contribution in [2.24, 2.45) is 0 Å². The summed E-state index contributed by atoms with van der Waals surface area (Å²) < 4.78 is 7.09. The third-order valence-corrected chi connectivity index (χ3v) is 3.51. The number of benzene rings is 1. The van der Waals surface area contributed by atoms with Crippen molar-refractivity contribution in [1.29, 1.82) is 0 Å². The zero-order valence-electron chi connectivity index (χ0n) is 14.4. The van der Waals surface area contributed by atoms with Crippen molar-refractivity contribution in [1.82, 2.24) is 19.7 Å². The minimum atomic E-state index is -0.275. The first-order valence-corrected chi connectivity index (χ1v) is 7.86. The number of ether oxygens (including phenoxy) is 1. The molecule has 0 saturated carbocycles. The number of aromatic nitrogens is 4. The van der Waals surface area contributed by atoms with Crippen LogP contribution in [0.4, 0.5) is 5.69 Å². The van der Waals surface area contributed by atoms with Crippen molar-refractivity contribution in [3.63, 3.8) is 0 Å². The van der Waals surface area contributed by atoms with Crippen LogP contribution in [-0.4, -0.2) is 32.3 Å². The van der Waals surface area contributed by atoms with E-state index >= 15 is 0 Å². The molecule has 0 saturated heterocycles. The lowest BCUT2D eigenvalue weighted by molar-refractivity contribution is -0.118. The second-order valence-corrected chi connectivity index (χ2v) is 5.76. The molecule has 0 bridgehead atoms. The Morgan fingerprint density at radius 1 is 1.12 bits per heavy atom. The summed E-state index contributed by atoms with van der Waals surface area (Å²) in [5.74, 6) is 0.833. The number of hydrogen-bond acceptors (Lipinski definition) is 5. The molecule has 2 heterocycles. The molecule has 1 aromatic carbocycles. The Balaban J connectivity index is 1.58. The van der Waals surface area contributed by atoms with Crippen molar-refractivity contribution in [3.05, 3.63) is 59.7 Å². The molecule has 1 N–H and O–H groups in total. The summed E-state index contributed by atoms with van der Waals surface area (Å²) in [4.78, 5) is 20.4. The molecule has 7 nitrogen and oxygen atoms in total. The van der Waals surface area contributed by atoms with Crippen molar-refractivity contribution >= 4 is 11.6 Å². The first kappa shape index (κ1) is 16.6. The van der Waals surface area contributed by atoms with Gasteiger partial charge in [0.25, 0.3) is 11.9 Å². The molecule has 0 radical (unpaired) electrons. The van der Waals surface area contributed by atoms with E-state index in [4.69, 9.17) is 4.74 Å². The maximum absolute atomic E-state index is 12.0. The van der Waals surface area contributed by atoms with Crippen LogP contribution < -0.4 is 10.1 Å². The van der Waals surface area contributed by atoms with Crippen molar-refractivity contribution in [2.75, 3.05) is 11.9 Å². The van der Waals surface area contributed by atoms with Crippen LogP contribution in [0.15, 0.2) is 42.7 Å². The van der Waals surface area contributed by atoms with Crippen LogP contribution in [0.3, 0.4) is 0 Å². The number of nitrogens with one attached hydrogen (secondary N) is 1. The number of anilines is 1. The van der Waals surface area contributed by atoms with Gasteiger partial charge in [-0.3, -0.25) is 4.79 Å². The normalized spacial score (nSPS) is 10.5. The average Bonchev–Trinajstić information content (AvgIpc) is 2.93. The van der Waals surface area contributed by atoms with Gasteiger partial charge in [0.05, 0.1) is 23.8 Å². The molecule has 0 spiro atoms. The summed E-state index contributed by atoms with van der Waals surface area (Å²) >= 11 is 0. The lowest BCUT2D eigenvalue weighted by atomic mass is 10.2. The van der Waals surface area contributed by atoms with Gasteiger partial charge in [-0.25, -0.2) is 14.6 Å². The zero-order chi connectivity index (χ0) is 17.8. The molecule has 3 rings (SSSR count). The first-order valence-electron chi connectivity index (χ1n) is 7.86. The molecular weight excluding hydrogens is 318 g/mol. The molecule has 128 valence electrons. The molecular formula is C18H19N5O2. The van der Waals surface area contributed by atoms with Gasteiger partial charge in [-0.05, 0) is 39.0 Å². The fraction of sp³-hybridized carbons (Fsp3) is 0.222. The molecule has 0 aliphatic carbocycles. The van der Waals surface area contributed by atoms with E-state index in [0.717, 1.165) is 17.0 Å². The number of carbonyl (C=O) groups is 1. The highest BCUT2D eigenvalue weighted by molar-refractivity contribution is 5.91. The second-order valence-electron chi connectivity index (χ2n) is 5.76. The summed E-state index contributed by atoms with van der Waals surface area (Å²) in [6.45, 7) is 5.75. The van der Waals surface area contributed by atoms with Crippen molar-refractivity contribution in [2.45, 2.75) is 20.8 Å². The van der Waals surface area contributed by atoms with Gasteiger partial charge in [0.2, 0.25) is 0 Å². The lowest BCUT2D eigenvalue weighted by Gasteiger charge is -2.08. The van der Waals surface area contributed by atoms with Crippen molar-refractivity contribution < 1.29 is 9.53 Å². The molecule has 0 atom stereocenters. The molecule has 25 heavy (non-hydrogen) atoms. The number of nitrogens with zero attached hydrogens (tertiary/aromatic N) is 4. The van der Waals surface area contributed by atoms with E-state index in [0.29, 0.717) is 17.4 Å². The maximum Gasteiger partial charge on any atom is 0.262 e. The van der Waals surface area contributed by atoms with Crippen LogP contribution in [0.5, 0.6) is 5.75 Å². The van der Waals surface area contributed by atoms with E-state index in [1.807, 2.05) is 51.1 Å².